The molecule has 0 saturated heterocycles. The van der Waals surface area contributed by atoms with Gasteiger partial charge in [-0.05, 0) is 18.2 Å². The molecule has 0 saturated carbocycles. The number of halogens is 6. The van der Waals surface area contributed by atoms with Crippen LogP contribution in [0.3, 0.4) is 0 Å². The Kier molecular flexibility index (Phi) is 4.50. The highest BCUT2D eigenvalue weighted by molar-refractivity contribution is 6.21. The molecule has 8 heteroatoms. The molecule has 19 heavy (non-hydrogen) atoms. The monoisotopic (exact) mass is 304 g/mol. The summed E-state index contributed by atoms with van der Waals surface area (Å²) in [5.41, 5.74) is -0.495. The molecule has 0 bridgehead atoms. The highest BCUT2D eigenvalue weighted by atomic mass is 35.5. The summed E-state index contributed by atoms with van der Waals surface area (Å²) in [4.78, 5) is 0. The van der Waals surface area contributed by atoms with Crippen molar-refractivity contribution in [2.45, 2.75) is 17.5 Å². The van der Waals surface area contributed by atoms with Crippen molar-refractivity contribution in [2.24, 2.45) is 0 Å². The van der Waals surface area contributed by atoms with Crippen molar-refractivity contribution in [3.05, 3.63) is 23.8 Å². The summed E-state index contributed by atoms with van der Waals surface area (Å²) < 4.78 is 72.8. The van der Waals surface area contributed by atoms with Crippen molar-refractivity contribution in [3.63, 3.8) is 0 Å². The Hall–Kier alpha value is -1.24. The second-order valence-electron chi connectivity index (χ2n) is 3.59. The standard InChI is InChI=1S/C11H10ClF5O2/c1-18-6-3-4-8(19-2)7(5-6)9(12)10(13,14)11(15,16)17/h3-5,9H,1-2H3. The molecular weight excluding hydrogens is 295 g/mol. The highest BCUT2D eigenvalue weighted by Gasteiger charge is 2.62. The zero-order valence-corrected chi connectivity index (χ0v) is 10.6. The summed E-state index contributed by atoms with van der Waals surface area (Å²) >= 11 is 5.29. The lowest BCUT2D eigenvalue weighted by Gasteiger charge is -2.25. The van der Waals surface area contributed by atoms with E-state index in [4.69, 9.17) is 21.1 Å². The number of rotatable bonds is 4. The van der Waals surface area contributed by atoms with E-state index in [-0.39, 0.29) is 11.5 Å². The molecule has 1 rings (SSSR count). The fourth-order valence-corrected chi connectivity index (χ4v) is 1.67. The molecule has 0 radical (unpaired) electrons. The topological polar surface area (TPSA) is 18.5 Å². The number of benzene rings is 1. The van der Waals surface area contributed by atoms with E-state index in [1.54, 1.807) is 0 Å². The number of ether oxygens (including phenoxy) is 2. The maximum atomic E-state index is 13.2. The normalized spacial score (nSPS) is 14.1. The second-order valence-corrected chi connectivity index (χ2v) is 4.03. The van der Waals surface area contributed by atoms with E-state index in [2.05, 4.69) is 0 Å². The highest BCUT2D eigenvalue weighted by Crippen LogP contribution is 2.50. The van der Waals surface area contributed by atoms with Gasteiger partial charge in [0, 0.05) is 5.56 Å². The molecule has 0 amide bonds. The lowest BCUT2D eigenvalue weighted by atomic mass is 10.0. The van der Waals surface area contributed by atoms with Gasteiger partial charge in [0.15, 0.2) is 0 Å². The van der Waals surface area contributed by atoms with Crippen LogP contribution in [0.15, 0.2) is 18.2 Å². The van der Waals surface area contributed by atoms with Gasteiger partial charge in [0.25, 0.3) is 0 Å². The van der Waals surface area contributed by atoms with Crippen LogP contribution >= 0.6 is 11.6 Å². The third-order valence-electron chi connectivity index (χ3n) is 2.41. The summed E-state index contributed by atoms with van der Waals surface area (Å²) in [5, 5.41) is -2.61. The maximum absolute atomic E-state index is 13.2. The molecule has 0 aromatic heterocycles. The zero-order valence-electron chi connectivity index (χ0n) is 9.89. The van der Waals surface area contributed by atoms with Gasteiger partial charge in [-0.15, -0.1) is 11.6 Å². The Morgan fingerprint density at radius 2 is 1.63 bits per heavy atom. The minimum atomic E-state index is -5.76. The van der Waals surface area contributed by atoms with E-state index in [1.165, 1.54) is 19.2 Å². The molecule has 1 aromatic carbocycles. The van der Waals surface area contributed by atoms with E-state index in [1.807, 2.05) is 0 Å². The van der Waals surface area contributed by atoms with Crippen LogP contribution in [-0.2, 0) is 0 Å². The molecule has 1 atom stereocenters. The lowest BCUT2D eigenvalue weighted by Crippen LogP contribution is -2.40. The first-order valence-corrected chi connectivity index (χ1v) is 5.39. The maximum Gasteiger partial charge on any atom is 0.455 e. The molecule has 0 fully saturated rings. The molecule has 0 aliphatic carbocycles. The third-order valence-corrected chi connectivity index (χ3v) is 2.92. The first kappa shape index (κ1) is 15.8. The van der Waals surface area contributed by atoms with Crippen LogP contribution in [0.4, 0.5) is 22.0 Å². The van der Waals surface area contributed by atoms with Crippen molar-refractivity contribution in [2.75, 3.05) is 14.2 Å². The summed E-state index contributed by atoms with van der Waals surface area (Å²) in [6.07, 6.45) is -5.76. The third kappa shape index (κ3) is 3.02. The van der Waals surface area contributed by atoms with Gasteiger partial charge < -0.3 is 9.47 Å². The minimum absolute atomic E-state index is 0.0967. The van der Waals surface area contributed by atoms with Crippen LogP contribution in [0.1, 0.15) is 10.9 Å². The Bertz CT molecular complexity index is 447. The average Bonchev–Trinajstić information content (AvgIpc) is 2.35. The summed E-state index contributed by atoms with van der Waals surface area (Å²) in [6.45, 7) is 0. The number of alkyl halides is 6. The van der Waals surface area contributed by atoms with Crippen molar-refractivity contribution in [3.8, 4) is 11.5 Å². The van der Waals surface area contributed by atoms with E-state index >= 15 is 0 Å². The molecule has 0 heterocycles. The Morgan fingerprint density at radius 3 is 2.05 bits per heavy atom. The van der Waals surface area contributed by atoms with E-state index in [0.717, 1.165) is 13.2 Å². The van der Waals surface area contributed by atoms with Crippen LogP contribution in [0, 0.1) is 0 Å². The smallest absolute Gasteiger partial charge is 0.455 e. The van der Waals surface area contributed by atoms with E-state index < -0.39 is 23.0 Å². The van der Waals surface area contributed by atoms with Crippen molar-refractivity contribution in [1.82, 2.24) is 0 Å². The molecule has 108 valence electrons. The molecule has 0 spiro atoms. The number of hydrogen-bond donors (Lipinski definition) is 0. The quantitative estimate of drug-likeness (QED) is 0.613. The fourth-order valence-electron chi connectivity index (χ4n) is 1.38. The molecule has 2 nitrogen and oxygen atoms in total. The largest absolute Gasteiger partial charge is 0.497 e. The van der Waals surface area contributed by atoms with E-state index in [9.17, 15) is 22.0 Å². The molecule has 1 unspecified atom stereocenters. The summed E-state index contributed by atoms with van der Waals surface area (Å²) in [5.74, 6) is -5.17. The van der Waals surface area contributed by atoms with Crippen molar-refractivity contribution < 1.29 is 31.4 Å². The van der Waals surface area contributed by atoms with Crippen LogP contribution < -0.4 is 9.47 Å². The Balaban J connectivity index is 3.28. The van der Waals surface area contributed by atoms with Crippen LogP contribution in [0.2, 0.25) is 0 Å². The van der Waals surface area contributed by atoms with Gasteiger partial charge in [0.05, 0.1) is 14.2 Å². The number of methoxy groups -OCH3 is 2. The van der Waals surface area contributed by atoms with Crippen molar-refractivity contribution >= 4 is 11.6 Å². The number of hydrogen-bond acceptors (Lipinski definition) is 2. The van der Waals surface area contributed by atoms with Gasteiger partial charge in [0.2, 0.25) is 0 Å². The van der Waals surface area contributed by atoms with E-state index in [0.29, 0.717) is 0 Å². The molecular formula is C11H10ClF5O2. The molecule has 0 aliphatic rings. The van der Waals surface area contributed by atoms with Crippen LogP contribution in [-0.4, -0.2) is 26.3 Å². The molecule has 0 N–H and O–H groups in total. The van der Waals surface area contributed by atoms with Gasteiger partial charge in [-0.1, -0.05) is 0 Å². The average molecular weight is 305 g/mol. The van der Waals surface area contributed by atoms with Gasteiger partial charge in [-0.3, -0.25) is 0 Å². The fraction of sp³-hybridized carbons (Fsp3) is 0.455. The minimum Gasteiger partial charge on any atom is -0.497 e. The van der Waals surface area contributed by atoms with Gasteiger partial charge in [-0.25, -0.2) is 0 Å². The van der Waals surface area contributed by atoms with Crippen LogP contribution in [0.25, 0.3) is 0 Å². The predicted molar refractivity (Wildman–Crippen MR) is 59.1 cm³/mol. The zero-order chi connectivity index (χ0) is 14.8. The second kappa shape index (κ2) is 5.40. The Labute approximate surface area is 111 Å². The van der Waals surface area contributed by atoms with Gasteiger partial charge >= 0.3 is 12.1 Å². The van der Waals surface area contributed by atoms with Crippen LogP contribution in [0.5, 0.6) is 11.5 Å². The molecule has 1 aromatic rings. The summed E-state index contributed by atoms with van der Waals surface area (Å²) in [7, 11) is 2.39. The summed E-state index contributed by atoms with van der Waals surface area (Å²) in [6, 6.07) is 3.55. The van der Waals surface area contributed by atoms with Gasteiger partial charge in [-0.2, -0.15) is 22.0 Å². The first-order valence-electron chi connectivity index (χ1n) is 4.95. The molecule has 0 aliphatic heterocycles. The lowest BCUT2D eigenvalue weighted by molar-refractivity contribution is -0.283. The SMILES string of the molecule is COc1ccc(OC)c(C(Cl)C(F)(F)C(F)(F)F)c1. The predicted octanol–water partition coefficient (Wildman–Crippen LogP) is 4.18. The van der Waals surface area contributed by atoms with Gasteiger partial charge in [0.1, 0.15) is 16.9 Å². The Morgan fingerprint density at radius 1 is 1.05 bits per heavy atom. The van der Waals surface area contributed by atoms with Crippen molar-refractivity contribution in [1.29, 1.82) is 0 Å². The first-order chi connectivity index (χ1) is 8.65.